The molecule has 30 heavy (non-hydrogen) atoms. The van der Waals surface area contributed by atoms with Gasteiger partial charge in [-0.2, -0.15) is 0 Å². The number of fused-ring (bicyclic) bond motifs is 1. The van der Waals surface area contributed by atoms with Crippen LogP contribution in [-0.4, -0.2) is 33.6 Å². The van der Waals surface area contributed by atoms with E-state index in [0.29, 0.717) is 41.9 Å². The highest BCUT2D eigenvalue weighted by molar-refractivity contribution is 5.38. The Morgan fingerprint density at radius 1 is 1.10 bits per heavy atom. The van der Waals surface area contributed by atoms with Crippen molar-refractivity contribution in [3.8, 4) is 0 Å². The van der Waals surface area contributed by atoms with Gasteiger partial charge < -0.3 is 15.3 Å². The Morgan fingerprint density at radius 3 is 2.60 bits per heavy atom. The number of aliphatic hydroxyl groups is 3. The largest absolute Gasteiger partial charge is 0.393 e. The molecule has 0 amide bonds. The summed E-state index contributed by atoms with van der Waals surface area (Å²) >= 11 is 0. The SMILES string of the molecule is C=C1/C(=C/C=C2/CCC[C@]3(C)[C@@H]([C@@H](C)/C=C/[C@@H](O)C4CC4)CC[C@@H]23)C[C@@H](O)C[C@@H]1O. The van der Waals surface area contributed by atoms with Gasteiger partial charge in [-0.1, -0.05) is 50.3 Å². The zero-order valence-corrected chi connectivity index (χ0v) is 18.8. The van der Waals surface area contributed by atoms with Crippen LogP contribution in [0.3, 0.4) is 0 Å². The van der Waals surface area contributed by atoms with Crippen molar-refractivity contribution >= 4 is 0 Å². The Bertz CT molecular complexity index is 743. The average molecular weight is 413 g/mol. The summed E-state index contributed by atoms with van der Waals surface area (Å²) in [5.74, 6) is 2.28. The van der Waals surface area contributed by atoms with Crippen LogP contribution in [-0.2, 0) is 0 Å². The van der Waals surface area contributed by atoms with Crippen LogP contribution in [0.15, 0.2) is 47.6 Å². The Hall–Kier alpha value is -1.16. The van der Waals surface area contributed by atoms with Gasteiger partial charge in [0, 0.05) is 6.42 Å². The molecule has 4 aliphatic carbocycles. The summed E-state index contributed by atoms with van der Waals surface area (Å²) in [5, 5.41) is 30.4. The lowest BCUT2D eigenvalue weighted by Gasteiger charge is -2.44. The van der Waals surface area contributed by atoms with E-state index in [9.17, 15) is 15.3 Å². The maximum atomic E-state index is 10.2. The number of hydrogen-bond donors (Lipinski definition) is 3. The van der Waals surface area contributed by atoms with Gasteiger partial charge >= 0.3 is 0 Å². The van der Waals surface area contributed by atoms with Crippen molar-refractivity contribution in [2.75, 3.05) is 0 Å². The van der Waals surface area contributed by atoms with Crippen LogP contribution in [0.2, 0.25) is 0 Å². The number of allylic oxidation sites excluding steroid dienone is 4. The van der Waals surface area contributed by atoms with Crippen molar-refractivity contribution in [2.24, 2.45) is 29.1 Å². The predicted octanol–water partition coefficient (Wildman–Crippen LogP) is 5.09. The summed E-state index contributed by atoms with van der Waals surface area (Å²) < 4.78 is 0. The third-order valence-corrected chi connectivity index (χ3v) is 8.65. The van der Waals surface area contributed by atoms with Crippen LogP contribution in [0.25, 0.3) is 0 Å². The third kappa shape index (κ3) is 4.40. The van der Waals surface area contributed by atoms with E-state index in [1.54, 1.807) is 0 Å². The van der Waals surface area contributed by atoms with E-state index in [-0.39, 0.29) is 6.10 Å². The number of rotatable bonds is 5. The highest BCUT2D eigenvalue weighted by atomic mass is 16.3. The van der Waals surface area contributed by atoms with Crippen molar-refractivity contribution in [1.82, 2.24) is 0 Å². The Balaban J connectivity index is 1.48. The van der Waals surface area contributed by atoms with Crippen molar-refractivity contribution in [1.29, 1.82) is 0 Å². The fourth-order valence-corrected chi connectivity index (χ4v) is 6.63. The van der Waals surface area contributed by atoms with Gasteiger partial charge in [0.25, 0.3) is 0 Å². The summed E-state index contributed by atoms with van der Waals surface area (Å²) in [4.78, 5) is 0. The first kappa shape index (κ1) is 22.0. The summed E-state index contributed by atoms with van der Waals surface area (Å²) in [6, 6.07) is 0. The Morgan fingerprint density at radius 2 is 1.87 bits per heavy atom. The monoisotopic (exact) mass is 412 g/mol. The van der Waals surface area contributed by atoms with Gasteiger partial charge in [0.2, 0.25) is 0 Å². The molecule has 4 saturated carbocycles. The van der Waals surface area contributed by atoms with E-state index in [1.807, 2.05) is 0 Å². The Labute approximate surface area is 182 Å². The van der Waals surface area contributed by atoms with Crippen LogP contribution in [0.1, 0.15) is 71.6 Å². The van der Waals surface area contributed by atoms with Crippen LogP contribution >= 0.6 is 0 Å². The third-order valence-electron chi connectivity index (χ3n) is 8.65. The van der Waals surface area contributed by atoms with Crippen LogP contribution in [0.4, 0.5) is 0 Å². The van der Waals surface area contributed by atoms with Gasteiger partial charge in [-0.3, -0.25) is 0 Å². The second kappa shape index (κ2) is 8.76. The lowest BCUT2D eigenvalue weighted by atomic mass is 9.61. The highest BCUT2D eigenvalue weighted by Gasteiger charge is 2.50. The summed E-state index contributed by atoms with van der Waals surface area (Å²) in [7, 11) is 0. The summed E-state index contributed by atoms with van der Waals surface area (Å²) in [5.41, 5.74) is 3.63. The summed E-state index contributed by atoms with van der Waals surface area (Å²) in [6.07, 6.45) is 16.9. The zero-order chi connectivity index (χ0) is 21.5. The fraction of sp³-hybridized carbons (Fsp3) is 0.704. The van der Waals surface area contributed by atoms with Crippen molar-refractivity contribution < 1.29 is 15.3 Å². The van der Waals surface area contributed by atoms with Gasteiger partial charge in [-0.25, -0.2) is 0 Å². The lowest BCUT2D eigenvalue weighted by Crippen LogP contribution is -2.35. The van der Waals surface area contributed by atoms with Crippen molar-refractivity contribution in [2.45, 2.75) is 89.9 Å². The molecule has 0 heterocycles. The normalized spacial score (nSPS) is 42.1. The minimum atomic E-state index is -0.621. The minimum Gasteiger partial charge on any atom is -0.393 e. The molecule has 7 atom stereocenters. The van der Waals surface area contributed by atoms with Gasteiger partial charge in [0.15, 0.2) is 0 Å². The molecule has 4 rings (SSSR count). The number of aliphatic hydroxyl groups excluding tert-OH is 3. The van der Waals surface area contributed by atoms with Gasteiger partial charge in [0.05, 0.1) is 18.3 Å². The predicted molar refractivity (Wildman–Crippen MR) is 122 cm³/mol. The Kier molecular flexibility index (Phi) is 6.44. The molecular weight excluding hydrogens is 372 g/mol. The standard InChI is InChI=1S/C27H40O3/c1-17(6-13-25(29)20-8-9-20)23-11-12-24-19(5-4-14-27(23,24)3)7-10-21-15-22(28)16-26(30)18(21)2/h6-7,10,13,17,20,22-26,28-30H,2,4-5,8-9,11-12,14-16H2,1,3H3/b13-6+,19-7-,21-10+/t17-,22+,23+,24-,25+,26-,27+/m0/s1. The van der Waals surface area contributed by atoms with Crippen LogP contribution in [0.5, 0.6) is 0 Å². The lowest BCUT2D eigenvalue weighted by molar-refractivity contribution is 0.0862. The molecule has 3 heteroatoms. The fourth-order valence-electron chi connectivity index (χ4n) is 6.63. The topological polar surface area (TPSA) is 60.7 Å². The molecule has 0 aromatic carbocycles. The molecule has 0 aromatic heterocycles. The molecule has 4 fully saturated rings. The minimum absolute atomic E-state index is 0.250. The zero-order valence-electron chi connectivity index (χ0n) is 18.8. The van der Waals surface area contributed by atoms with Gasteiger partial charge in [-0.05, 0) is 91.6 Å². The van der Waals surface area contributed by atoms with E-state index in [2.05, 4.69) is 44.7 Å². The first-order valence-electron chi connectivity index (χ1n) is 12.1. The van der Waals surface area contributed by atoms with E-state index in [0.717, 1.165) is 17.6 Å². The van der Waals surface area contributed by atoms with Crippen LogP contribution < -0.4 is 0 Å². The maximum absolute atomic E-state index is 10.2. The molecule has 0 aromatic rings. The van der Waals surface area contributed by atoms with E-state index < -0.39 is 12.2 Å². The first-order chi connectivity index (χ1) is 14.3. The number of hydrogen-bond acceptors (Lipinski definition) is 3. The smallest absolute Gasteiger partial charge is 0.0811 e. The maximum Gasteiger partial charge on any atom is 0.0811 e. The van der Waals surface area contributed by atoms with E-state index in [4.69, 9.17) is 0 Å². The molecule has 4 aliphatic rings. The second-order valence-corrected chi connectivity index (χ2v) is 10.7. The van der Waals surface area contributed by atoms with Crippen LogP contribution in [0, 0.1) is 29.1 Å². The second-order valence-electron chi connectivity index (χ2n) is 10.7. The molecule has 0 unspecified atom stereocenters. The van der Waals surface area contributed by atoms with E-state index in [1.165, 1.54) is 44.1 Å². The molecule has 3 N–H and O–H groups in total. The quantitative estimate of drug-likeness (QED) is 0.551. The van der Waals surface area contributed by atoms with Gasteiger partial charge in [-0.15, -0.1) is 0 Å². The highest BCUT2D eigenvalue weighted by Crippen LogP contribution is 2.59. The molecule has 3 nitrogen and oxygen atoms in total. The molecule has 0 spiro atoms. The first-order valence-corrected chi connectivity index (χ1v) is 12.1. The van der Waals surface area contributed by atoms with Crippen molar-refractivity contribution in [3.63, 3.8) is 0 Å². The van der Waals surface area contributed by atoms with E-state index >= 15 is 0 Å². The molecule has 0 aliphatic heterocycles. The molecule has 0 bridgehead atoms. The van der Waals surface area contributed by atoms with Crippen molar-refractivity contribution in [3.05, 3.63) is 47.6 Å². The summed E-state index contributed by atoms with van der Waals surface area (Å²) in [6.45, 7) is 8.88. The van der Waals surface area contributed by atoms with Gasteiger partial charge in [0.1, 0.15) is 0 Å². The molecule has 0 radical (unpaired) electrons. The molecular formula is C27H40O3. The molecule has 166 valence electrons. The molecule has 0 saturated heterocycles. The average Bonchev–Trinajstić information content (AvgIpc) is 3.49.